The molecule has 0 aromatic carbocycles. The lowest BCUT2D eigenvalue weighted by Gasteiger charge is -2.04. The van der Waals surface area contributed by atoms with Gasteiger partial charge in [-0.05, 0) is 10.8 Å². The van der Waals surface area contributed by atoms with Crippen LogP contribution in [0.4, 0.5) is 0 Å². The summed E-state index contributed by atoms with van der Waals surface area (Å²) in [5, 5.41) is 17.1. The molecule has 4 unspecified atom stereocenters. The Bertz CT molecular complexity index is 688. The van der Waals surface area contributed by atoms with Crippen LogP contribution in [-0.2, 0) is 38.2 Å². The highest BCUT2D eigenvalue weighted by Gasteiger charge is 2.72. The molecule has 31 heavy (non-hydrogen) atoms. The summed E-state index contributed by atoms with van der Waals surface area (Å²) in [6, 6.07) is 0. The Morgan fingerprint density at radius 2 is 1.10 bits per heavy atom. The summed E-state index contributed by atoms with van der Waals surface area (Å²) in [4.78, 5) is 62.1. The van der Waals surface area contributed by atoms with Gasteiger partial charge in [-0.25, -0.2) is 0 Å². The molecule has 0 aromatic rings. The topological polar surface area (TPSA) is 161 Å². The number of carbonyl (C=O) groups excluding carboxylic acids is 4. The van der Waals surface area contributed by atoms with E-state index in [9.17, 15) is 28.8 Å². The molecule has 1 aliphatic heterocycles. The molecule has 1 heterocycles. The van der Waals surface area contributed by atoms with Gasteiger partial charge in [0.15, 0.2) is 0 Å². The molecule has 178 valence electrons. The number of hydrogen-bond donors (Lipinski definition) is 2. The number of carboxylic acids is 2. The molecule has 3 fully saturated rings. The van der Waals surface area contributed by atoms with Gasteiger partial charge in [-0.15, -0.1) is 0 Å². The monoisotopic (exact) mass is 670 g/mol. The Hall–Kier alpha value is -1.32. The van der Waals surface area contributed by atoms with Gasteiger partial charge in [0.25, 0.3) is 0 Å². The minimum atomic E-state index is -1.01. The summed E-state index contributed by atoms with van der Waals surface area (Å²) in [7, 11) is 0. The molecule has 0 bridgehead atoms. The van der Waals surface area contributed by atoms with Crippen molar-refractivity contribution in [2.75, 3.05) is 0 Å². The first-order valence-corrected chi connectivity index (χ1v) is 14.9. The summed E-state index contributed by atoms with van der Waals surface area (Å²) in [5.74, 6) is -5.51. The number of carboxylic acid groups (broad SMARTS) is 2. The lowest BCUT2D eigenvalue weighted by atomic mass is 10.1. The minimum absolute atomic E-state index is 0. The van der Waals surface area contributed by atoms with Gasteiger partial charge in [-0.3, -0.25) is 28.8 Å². The highest BCUT2D eigenvalue weighted by Crippen LogP contribution is 2.62. The lowest BCUT2D eigenvalue weighted by Crippen LogP contribution is -2.14. The van der Waals surface area contributed by atoms with Crippen molar-refractivity contribution in [2.24, 2.45) is 34.5 Å². The molecular formula is C19H28I2O10. The van der Waals surface area contributed by atoms with Gasteiger partial charge in [-0.1, -0.05) is 35.1 Å². The van der Waals surface area contributed by atoms with E-state index in [4.69, 9.17) is 10.2 Å². The molecular weight excluding hydrogens is 642 g/mol. The highest BCUT2D eigenvalue weighted by molar-refractivity contribution is 15.0. The number of fused-ring (bicyclic) bond motifs is 1. The first-order chi connectivity index (χ1) is 13.6. The molecule has 0 radical (unpaired) electrons. The number of carbonyl (C=O) groups is 6. The molecule has 4 atom stereocenters. The zero-order valence-corrected chi connectivity index (χ0v) is 21.5. The van der Waals surface area contributed by atoms with Crippen LogP contribution in [0.3, 0.4) is 0 Å². The van der Waals surface area contributed by atoms with Crippen LogP contribution in [0, 0.1) is 34.5 Å². The van der Waals surface area contributed by atoms with Crippen molar-refractivity contribution in [1.29, 1.82) is 0 Å². The van der Waals surface area contributed by atoms with Crippen molar-refractivity contribution in [3.8, 4) is 0 Å². The standard InChI is InChI=1S/C7H10O4.C7H8O3.C4H6O3.CH4.I2/c1-7(2)3(5(8)9)4(7)6(10)11;1-7(2)3-4(7)6(9)10-5(3)8;1-3(5)7-4(2)6;;1-2/h3-4H,1-2H3,(H,8,9)(H,10,11);3-4H,1-2H3;1-2H3;1H4;. The number of ether oxygens (including phenoxy) is 2. The number of halogens is 2. The maximum Gasteiger partial charge on any atom is 0.318 e. The predicted octanol–water partition coefficient (Wildman–Crippen LogP) is 3.27. The Morgan fingerprint density at radius 3 is 1.19 bits per heavy atom. The number of esters is 4. The second-order valence-corrected chi connectivity index (χ2v) is 8.06. The third-order valence-electron chi connectivity index (χ3n) is 5.18. The van der Waals surface area contributed by atoms with Crippen LogP contribution in [-0.4, -0.2) is 46.0 Å². The summed E-state index contributed by atoms with van der Waals surface area (Å²) >= 11 is 4.24. The number of rotatable bonds is 2. The van der Waals surface area contributed by atoms with E-state index in [1.54, 1.807) is 13.8 Å². The van der Waals surface area contributed by atoms with Crippen molar-refractivity contribution < 1.29 is 48.5 Å². The SMILES string of the molecule is C.CC(=O)OC(C)=O.CC1(C)C(C(=O)O)C1C(=O)O.CC1(C)C2C(=O)OC(=O)C21.II. The molecule has 2 aliphatic carbocycles. The molecule has 10 nitrogen and oxygen atoms in total. The summed E-state index contributed by atoms with van der Waals surface area (Å²) in [6.45, 7) is 9.51. The molecule has 3 aliphatic rings. The zero-order chi connectivity index (χ0) is 24.2. The average Bonchev–Trinajstić information content (AvgIpc) is 3.30. The fourth-order valence-corrected chi connectivity index (χ4v) is 3.51. The van der Waals surface area contributed by atoms with Crippen LogP contribution in [0.1, 0.15) is 49.0 Å². The molecule has 0 amide bonds. The van der Waals surface area contributed by atoms with Gasteiger partial charge >= 0.3 is 35.8 Å². The smallest absolute Gasteiger partial charge is 0.318 e. The van der Waals surface area contributed by atoms with Gasteiger partial charge in [0.1, 0.15) is 0 Å². The highest BCUT2D eigenvalue weighted by atomic mass is 128. The lowest BCUT2D eigenvalue weighted by molar-refractivity contribution is -0.158. The van der Waals surface area contributed by atoms with E-state index in [-0.39, 0.29) is 36.6 Å². The molecule has 1 saturated heterocycles. The van der Waals surface area contributed by atoms with Crippen LogP contribution in [0.25, 0.3) is 0 Å². The summed E-state index contributed by atoms with van der Waals surface area (Å²) < 4.78 is 8.35. The second-order valence-electron chi connectivity index (χ2n) is 8.06. The Balaban J connectivity index is 0. The fraction of sp³-hybridized carbons (Fsp3) is 0.684. The van der Waals surface area contributed by atoms with E-state index < -0.39 is 41.1 Å². The van der Waals surface area contributed by atoms with E-state index in [0.717, 1.165) is 0 Å². The number of cyclic esters (lactones) is 2. The molecule has 3 rings (SSSR count). The third kappa shape index (κ3) is 7.95. The maximum absolute atomic E-state index is 10.8. The van der Waals surface area contributed by atoms with Crippen LogP contribution in [0.15, 0.2) is 0 Å². The van der Waals surface area contributed by atoms with Crippen molar-refractivity contribution in [3.05, 3.63) is 0 Å². The maximum atomic E-state index is 10.8. The van der Waals surface area contributed by atoms with Crippen molar-refractivity contribution in [2.45, 2.75) is 49.0 Å². The largest absolute Gasteiger partial charge is 0.481 e. The molecule has 2 saturated carbocycles. The average molecular weight is 670 g/mol. The van der Waals surface area contributed by atoms with Crippen molar-refractivity contribution in [3.63, 3.8) is 0 Å². The molecule has 12 heteroatoms. The second kappa shape index (κ2) is 12.1. The van der Waals surface area contributed by atoms with E-state index in [1.165, 1.54) is 13.8 Å². The number of hydrogen-bond acceptors (Lipinski definition) is 8. The van der Waals surface area contributed by atoms with Crippen LogP contribution >= 0.6 is 37.2 Å². The molecule has 0 aromatic heterocycles. The van der Waals surface area contributed by atoms with Gasteiger partial charge in [-0.2, -0.15) is 0 Å². The van der Waals surface area contributed by atoms with E-state index in [2.05, 4.69) is 46.7 Å². The third-order valence-corrected chi connectivity index (χ3v) is 5.18. The Labute approximate surface area is 204 Å². The minimum Gasteiger partial charge on any atom is -0.481 e. The first kappa shape index (κ1) is 31.9. The number of aliphatic carboxylic acids is 2. The van der Waals surface area contributed by atoms with Crippen LogP contribution in [0.2, 0.25) is 0 Å². The zero-order valence-electron chi connectivity index (χ0n) is 17.2. The van der Waals surface area contributed by atoms with Gasteiger partial charge in [0.05, 0.1) is 23.7 Å². The molecule has 2 N–H and O–H groups in total. The van der Waals surface area contributed by atoms with Crippen molar-refractivity contribution >= 4 is 73.0 Å². The van der Waals surface area contributed by atoms with Gasteiger partial charge < -0.3 is 19.7 Å². The Morgan fingerprint density at radius 1 is 0.806 bits per heavy atom. The normalized spacial score (nSPS) is 26.8. The van der Waals surface area contributed by atoms with Gasteiger partial charge in [0, 0.05) is 51.1 Å². The predicted molar refractivity (Wildman–Crippen MR) is 125 cm³/mol. The van der Waals surface area contributed by atoms with Crippen molar-refractivity contribution in [1.82, 2.24) is 0 Å². The first-order valence-electron chi connectivity index (χ1n) is 8.61. The van der Waals surface area contributed by atoms with E-state index in [0.29, 0.717) is 0 Å². The quantitative estimate of drug-likeness (QED) is 0.254. The fourth-order valence-electron chi connectivity index (χ4n) is 3.51. The summed E-state index contributed by atoms with van der Waals surface area (Å²) in [6.07, 6.45) is 0. The Kier molecular flexibility index (Phi) is 12.4. The van der Waals surface area contributed by atoms with Crippen LogP contribution < -0.4 is 0 Å². The van der Waals surface area contributed by atoms with Crippen LogP contribution in [0.5, 0.6) is 0 Å². The molecule has 0 spiro atoms. The van der Waals surface area contributed by atoms with E-state index in [1.807, 2.05) is 13.8 Å². The van der Waals surface area contributed by atoms with Gasteiger partial charge in [0.2, 0.25) is 0 Å². The summed E-state index contributed by atoms with van der Waals surface area (Å²) in [5.41, 5.74) is -0.690. The van der Waals surface area contributed by atoms with E-state index >= 15 is 0 Å².